The lowest BCUT2D eigenvalue weighted by Gasteiger charge is -2.41. The molecule has 2 atom stereocenters. The Morgan fingerprint density at radius 1 is 1.03 bits per heavy atom. The quantitative estimate of drug-likeness (QED) is 0.406. The molecule has 2 N–H and O–H groups in total. The van der Waals surface area contributed by atoms with Crippen LogP contribution in [0, 0.1) is 23.0 Å². The number of halogens is 5. The number of nitrogens with zero attached hydrogens (tertiary/aromatic N) is 1. The molecule has 2 aliphatic heterocycles. The van der Waals surface area contributed by atoms with Crippen LogP contribution in [0.2, 0.25) is 0 Å². The molecule has 0 bridgehead atoms. The highest BCUT2D eigenvalue weighted by atomic mass is 19.4. The highest BCUT2D eigenvalue weighted by Gasteiger charge is 2.51. The fourth-order valence-electron chi connectivity index (χ4n) is 5.14. The molecule has 2 fully saturated rings. The molecule has 1 amide bonds. The lowest BCUT2D eigenvalue weighted by Crippen LogP contribution is -2.47. The molecule has 2 aromatic carbocycles. The molecule has 0 unspecified atom stereocenters. The van der Waals surface area contributed by atoms with Gasteiger partial charge >= 0.3 is 12.1 Å². The van der Waals surface area contributed by atoms with Crippen molar-refractivity contribution in [1.82, 2.24) is 10.2 Å². The first kappa shape index (κ1) is 29.2. The van der Waals surface area contributed by atoms with Crippen LogP contribution in [0.15, 0.2) is 48.5 Å². The van der Waals surface area contributed by atoms with E-state index in [4.69, 9.17) is 9.90 Å². The number of likely N-dealkylation sites (tertiary alicyclic amines) is 1. The molecule has 38 heavy (non-hydrogen) atoms. The zero-order valence-electron chi connectivity index (χ0n) is 20.7. The Hall–Kier alpha value is -3.34. The number of rotatable bonds is 6. The Morgan fingerprint density at radius 3 is 2.03 bits per heavy atom. The Labute approximate surface area is 216 Å². The highest BCUT2D eigenvalue weighted by molar-refractivity contribution is 5.96. The van der Waals surface area contributed by atoms with Crippen molar-refractivity contribution in [1.29, 1.82) is 0 Å². The molecular weight excluding hydrogens is 511 g/mol. The average molecular weight is 541 g/mol. The van der Waals surface area contributed by atoms with Gasteiger partial charge in [0.25, 0.3) is 0 Å². The molecule has 2 saturated heterocycles. The predicted octanol–water partition coefficient (Wildman–Crippen LogP) is 4.80. The monoisotopic (exact) mass is 540 g/mol. The predicted molar refractivity (Wildman–Crippen MR) is 128 cm³/mol. The van der Waals surface area contributed by atoms with Crippen LogP contribution in [0.25, 0.3) is 0 Å². The van der Waals surface area contributed by atoms with Gasteiger partial charge in [-0.3, -0.25) is 9.59 Å². The third-order valence-corrected chi connectivity index (χ3v) is 7.12. The maximum absolute atomic E-state index is 13.3. The maximum atomic E-state index is 13.3. The summed E-state index contributed by atoms with van der Waals surface area (Å²) in [7, 11) is 0. The van der Waals surface area contributed by atoms with Gasteiger partial charge in [-0.1, -0.05) is 19.1 Å². The zero-order valence-corrected chi connectivity index (χ0v) is 20.7. The molecule has 2 heterocycles. The number of nitrogens with one attached hydrogen (secondary N) is 1. The Kier molecular flexibility index (Phi) is 9.24. The molecule has 11 heteroatoms. The number of Topliss-reactive ketones (excluding diaryl/α,β-unsaturated/α-hetero) is 1. The number of carbonyl (C=O) groups is 3. The largest absolute Gasteiger partial charge is 0.490 e. The summed E-state index contributed by atoms with van der Waals surface area (Å²) >= 11 is 0. The van der Waals surface area contributed by atoms with Crippen molar-refractivity contribution in [3.05, 3.63) is 71.3 Å². The summed E-state index contributed by atoms with van der Waals surface area (Å²) in [5.74, 6) is -3.03. The van der Waals surface area contributed by atoms with Crippen LogP contribution < -0.4 is 5.32 Å². The number of carboxylic acid groups (broad SMARTS) is 1. The van der Waals surface area contributed by atoms with Crippen molar-refractivity contribution in [2.45, 2.75) is 38.3 Å². The van der Waals surface area contributed by atoms with Gasteiger partial charge in [-0.25, -0.2) is 13.6 Å². The number of benzene rings is 2. The maximum Gasteiger partial charge on any atom is 0.490 e. The molecule has 2 aromatic rings. The topological polar surface area (TPSA) is 86.7 Å². The van der Waals surface area contributed by atoms with Crippen LogP contribution in [0.1, 0.15) is 48.0 Å². The number of hydrogen-bond donors (Lipinski definition) is 2. The Bertz CT molecular complexity index is 1130. The number of carboxylic acids is 1. The fraction of sp³-hybridized carbons (Fsp3) is 0.444. The smallest absolute Gasteiger partial charge is 0.475 e. The van der Waals surface area contributed by atoms with Gasteiger partial charge in [0.1, 0.15) is 11.6 Å². The van der Waals surface area contributed by atoms with Crippen molar-refractivity contribution in [3.8, 4) is 0 Å². The molecule has 0 aromatic heterocycles. The van der Waals surface area contributed by atoms with Gasteiger partial charge < -0.3 is 15.3 Å². The summed E-state index contributed by atoms with van der Waals surface area (Å²) in [5.41, 5.74) is 1.10. The van der Waals surface area contributed by atoms with Crippen LogP contribution in [0.4, 0.5) is 22.0 Å². The summed E-state index contributed by atoms with van der Waals surface area (Å²) in [4.78, 5) is 36.5. The average Bonchev–Trinajstić information content (AvgIpc) is 3.16. The van der Waals surface area contributed by atoms with Crippen LogP contribution in [0.3, 0.4) is 0 Å². The van der Waals surface area contributed by atoms with E-state index in [9.17, 15) is 31.5 Å². The highest BCUT2D eigenvalue weighted by Crippen LogP contribution is 2.47. The fourth-order valence-corrected chi connectivity index (χ4v) is 5.14. The number of ketones is 1. The number of amides is 1. The molecule has 0 saturated carbocycles. The van der Waals surface area contributed by atoms with Gasteiger partial charge in [-0.05, 0) is 73.8 Å². The Balaban J connectivity index is 0.000000505. The van der Waals surface area contributed by atoms with E-state index in [1.807, 2.05) is 0 Å². The summed E-state index contributed by atoms with van der Waals surface area (Å²) in [5, 5.41) is 10.1. The van der Waals surface area contributed by atoms with E-state index < -0.39 is 17.6 Å². The standard InChI is InChI=1S/C25H28F2N2O2.C2HF3O2/c1-17(14-23(30)19-4-8-21(27)9-5-19)16-29-12-10-25(11-13-29)22(15-28-24(25)31)18-2-6-20(26)7-3-18;3-2(4,5)1(6)7/h2-9,17,22H,10-16H2,1H3,(H,28,31);(H,6,7)/t17-,22+;/m1./s1. The van der Waals surface area contributed by atoms with Crippen LogP contribution in [-0.4, -0.2) is 60.0 Å². The van der Waals surface area contributed by atoms with Crippen LogP contribution >= 0.6 is 0 Å². The van der Waals surface area contributed by atoms with Crippen LogP contribution in [0.5, 0.6) is 0 Å². The molecule has 206 valence electrons. The lowest BCUT2D eigenvalue weighted by atomic mass is 9.68. The summed E-state index contributed by atoms with van der Waals surface area (Å²) in [6.07, 6.45) is -3.18. The lowest BCUT2D eigenvalue weighted by molar-refractivity contribution is -0.192. The van der Waals surface area contributed by atoms with E-state index in [0.29, 0.717) is 18.5 Å². The van der Waals surface area contributed by atoms with E-state index >= 15 is 0 Å². The number of hydrogen-bond acceptors (Lipinski definition) is 4. The number of alkyl halides is 3. The van der Waals surface area contributed by atoms with Gasteiger partial charge in [0.2, 0.25) is 5.91 Å². The van der Waals surface area contributed by atoms with Gasteiger partial charge in [0.15, 0.2) is 5.78 Å². The summed E-state index contributed by atoms with van der Waals surface area (Å²) in [6.45, 7) is 5.01. The van der Waals surface area contributed by atoms with E-state index in [2.05, 4.69) is 17.1 Å². The summed E-state index contributed by atoms with van der Waals surface area (Å²) < 4.78 is 58.1. The molecule has 4 rings (SSSR count). The second-order valence-electron chi connectivity index (χ2n) is 9.81. The van der Waals surface area contributed by atoms with Crippen molar-refractivity contribution >= 4 is 17.7 Å². The molecule has 0 radical (unpaired) electrons. The molecule has 1 spiro atoms. The molecule has 0 aliphatic carbocycles. The van der Waals surface area contributed by atoms with E-state index in [1.165, 1.54) is 36.4 Å². The minimum absolute atomic E-state index is 0.0209. The Morgan fingerprint density at radius 2 is 1.53 bits per heavy atom. The minimum Gasteiger partial charge on any atom is -0.475 e. The number of piperidine rings is 1. The van der Waals surface area contributed by atoms with Crippen molar-refractivity contribution < 1.29 is 41.4 Å². The van der Waals surface area contributed by atoms with Crippen molar-refractivity contribution in [3.63, 3.8) is 0 Å². The first-order chi connectivity index (χ1) is 17.8. The van der Waals surface area contributed by atoms with Crippen LogP contribution in [-0.2, 0) is 9.59 Å². The number of aliphatic carboxylic acids is 1. The first-order valence-corrected chi connectivity index (χ1v) is 12.2. The SMILES string of the molecule is C[C@H](CC(=O)c1ccc(F)cc1)CN1CCC2(CC1)C(=O)NC[C@H]2c1ccc(F)cc1.O=C(O)C(F)(F)F. The van der Waals surface area contributed by atoms with Crippen molar-refractivity contribution in [2.75, 3.05) is 26.2 Å². The second-order valence-corrected chi connectivity index (χ2v) is 9.81. The van der Waals surface area contributed by atoms with Gasteiger partial charge in [0, 0.05) is 31.0 Å². The van der Waals surface area contributed by atoms with Crippen molar-refractivity contribution in [2.24, 2.45) is 11.3 Å². The molecule has 6 nitrogen and oxygen atoms in total. The normalized spacial score (nSPS) is 19.8. The van der Waals surface area contributed by atoms with Gasteiger partial charge in [-0.15, -0.1) is 0 Å². The zero-order chi connectivity index (χ0) is 28.1. The third kappa shape index (κ3) is 7.15. The number of carbonyl (C=O) groups excluding carboxylic acids is 2. The molecular formula is C27H29F5N2O4. The third-order valence-electron chi connectivity index (χ3n) is 7.12. The first-order valence-electron chi connectivity index (χ1n) is 12.2. The molecule has 2 aliphatic rings. The van der Waals surface area contributed by atoms with E-state index in [1.54, 1.807) is 12.1 Å². The van der Waals surface area contributed by atoms with Gasteiger partial charge in [0.05, 0.1) is 5.41 Å². The second kappa shape index (κ2) is 12.0. The van der Waals surface area contributed by atoms with E-state index in [0.717, 1.165) is 38.0 Å². The minimum atomic E-state index is -5.08. The van der Waals surface area contributed by atoms with E-state index in [-0.39, 0.29) is 35.2 Å². The summed E-state index contributed by atoms with van der Waals surface area (Å²) in [6, 6.07) is 12.2. The van der Waals surface area contributed by atoms with Gasteiger partial charge in [-0.2, -0.15) is 13.2 Å².